The lowest BCUT2D eigenvalue weighted by Gasteiger charge is -2.25. The number of hydrogen-bond acceptors (Lipinski definition) is 5. The van der Waals surface area contributed by atoms with Gasteiger partial charge in [-0.1, -0.05) is 30.3 Å². The number of nitrogens with one attached hydrogen (secondary N) is 1. The van der Waals surface area contributed by atoms with Crippen LogP contribution in [0.1, 0.15) is 26.2 Å². The Morgan fingerprint density at radius 1 is 1.26 bits per heavy atom. The maximum absolute atomic E-state index is 5.82. The molecule has 1 fully saturated rings. The second-order valence-electron chi connectivity index (χ2n) is 6.69. The quantitative estimate of drug-likeness (QED) is 0.744. The van der Waals surface area contributed by atoms with Crippen molar-refractivity contribution in [2.24, 2.45) is 10.7 Å². The molecular weight excluding hydrogens is 336 g/mol. The molecule has 0 spiro atoms. The number of fused-ring (bicyclic) bond motifs is 1. The van der Waals surface area contributed by atoms with Gasteiger partial charge in [-0.2, -0.15) is 4.98 Å². The molecule has 1 aromatic carbocycles. The summed E-state index contributed by atoms with van der Waals surface area (Å²) in [7, 11) is 0. The number of rotatable bonds is 4. The lowest BCUT2D eigenvalue weighted by Crippen LogP contribution is -2.29. The molecule has 27 heavy (non-hydrogen) atoms. The van der Waals surface area contributed by atoms with Crippen molar-refractivity contribution >= 4 is 17.3 Å². The zero-order chi connectivity index (χ0) is 18.6. The van der Waals surface area contributed by atoms with Crippen LogP contribution in [0.25, 0.3) is 16.8 Å². The number of hydrogen-bond donors (Lipinski definition) is 2. The molecule has 2 aromatic heterocycles. The number of aliphatic imine (C=N–C) groups is 1. The molecule has 0 aliphatic heterocycles. The molecule has 6 heteroatoms. The third-order valence-electron chi connectivity index (χ3n) is 4.90. The van der Waals surface area contributed by atoms with E-state index in [9.17, 15) is 0 Å². The summed E-state index contributed by atoms with van der Waals surface area (Å²) in [6.45, 7) is 2.84. The molecule has 1 atom stereocenters. The SMILES string of the molecule is CCN=C1CCC(Nc2nc3c(-c4ccccc4)cccn3n2)CC1=CN. The molecular formula is C21H24N6. The third-order valence-corrected chi connectivity index (χ3v) is 4.90. The monoisotopic (exact) mass is 360 g/mol. The number of pyridine rings is 1. The van der Waals surface area contributed by atoms with Crippen LogP contribution in [-0.4, -0.2) is 32.9 Å². The fraction of sp³-hybridized carbons (Fsp3) is 0.286. The lowest BCUT2D eigenvalue weighted by atomic mass is 9.89. The molecule has 1 aliphatic carbocycles. The summed E-state index contributed by atoms with van der Waals surface area (Å²) < 4.78 is 1.83. The number of benzene rings is 1. The smallest absolute Gasteiger partial charge is 0.243 e. The normalized spacial score (nSPS) is 20.4. The predicted molar refractivity (Wildman–Crippen MR) is 110 cm³/mol. The van der Waals surface area contributed by atoms with E-state index in [0.717, 1.165) is 53.9 Å². The zero-order valence-electron chi connectivity index (χ0n) is 15.5. The van der Waals surface area contributed by atoms with Crippen LogP contribution in [0.15, 0.2) is 65.4 Å². The number of anilines is 1. The van der Waals surface area contributed by atoms with Gasteiger partial charge in [-0.3, -0.25) is 4.99 Å². The first kappa shape index (κ1) is 17.3. The first-order chi connectivity index (χ1) is 13.3. The average Bonchev–Trinajstić information content (AvgIpc) is 3.12. The van der Waals surface area contributed by atoms with Gasteiger partial charge < -0.3 is 11.1 Å². The van der Waals surface area contributed by atoms with E-state index in [1.807, 2.05) is 35.0 Å². The maximum atomic E-state index is 5.82. The fourth-order valence-corrected chi connectivity index (χ4v) is 3.61. The molecule has 6 nitrogen and oxygen atoms in total. The summed E-state index contributed by atoms with van der Waals surface area (Å²) in [5.41, 5.74) is 11.1. The highest BCUT2D eigenvalue weighted by Gasteiger charge is 2.23. The second kappa shape index (κ2) is 7.61. The van der Waals surface area contributed by atoms with Gasteiger partial charge in [0.25, 0.3) is 0 Å². The molecule has 1 saturated carbocycles. The summed E-state index contributed by atoms with van der Waals surface area (Å²) in [5.74, 6) is 0.649. The van der Waals surface area contributed by atoms with Crippen LogP contribution in [-0.2, 0) is 0 Å². The van der Waals surface area contributed by atoms with Crippen LogP contribution in [0.4, 0.5) is 5.95 Å². The first-order valence-corrected chi connectivity index (χ1v) is 9.40. The van der Waals surface area contributed by atoms with Crippen LogP contribution in [0.2, 0.25) is 0 Å². The minimum absolute atomic E-state index is 0.258. The Hall–Kier alpha value is -3.15. The van der Waals surface area contributed by atoms with Crippen LogP contribution in [0.3, 0.4) is 0 Å². The molecule has 0 saturated heterocycles. The van der Waals surface area contributed by atoms with Gasteiger partial charge >= 0.3 is 0 Å². The van der Waals surface area contributed by atoms with E-state index in [4.69, 9.17) is 10.7 Å². The summed E-state index contributed by atoms with van der Waals surface area (Å²) in [6, 6.07) is 14.6. The van der Waals surface area contributed by atoms with Crippen molar-refractivity contribution in [2.75, 3.05) is 11.9 Å². The van der Waals surface area contributed by atoms with Crippen LogP contribution >= 0.6 is 0 Å². The Balaban J connectivity index is 1.58. The molecule has 1 unspecified atom stereocenters. The van der Waals surface area contributed by atoms with Gasteiger partial charge in [0.1, 0.15) is 0 Å². The Morgan fingerprint density at radius 2 is 2.11 bits per heavy atom. The molecule has 0 radical (unpaired) electrons. The highest BCUT2D eigenvalue weighted by molar-refractivity contribution is 6.01. The van der Waals surface area contributed by atoms with E-state index >= 15 is 0 Å². The molecule has 2 heterocycles. The molecule has 138 valence electrons. The molecule has 3 aromatic rings. The van der Waals surface area contributed by atoms with Gasteiger partial charge in [0.2, 0.25) is 5.95 Å². The number of aromatic nitrogens is 3. The minimum atomic E-state index is 0.258. The van der Waals surface area contributed by atoms with Crippen LogP contribution < -0.4 is 11.1 Å². The highest BCUT2D eigenvalue weighted by Crippen LogP contribution is 2.26. The van der Waals surface area contributed by atoms with Crippen LogP contribution in [0.5, 0.6) is 0 Å². The van der Waals surface area contributed by atoms with Gasteiger partial charge in [-0.15, -0.1) is 5.10 Å². The van der Waals surface area contributed by atoms with E-state index in [0.29, 0.717) is 5.95 Å². The van der Waals surface area contributed by atoms with E-state index < -0.39 is 0 Å². The topological polar surface area (TPSA) is 80.6 Å². The number of nitrogens with zero attached hydrogens (tertiary/aromatic N) is 4. The predicted octanol–water partition coefficient (Wildman–Crippen LogP) is 3.66. The average molecular weight is 360 g/mol. The van der Waals surface area contributed by atoms with Crippen molar-refractivity contribution < 1.29 is 0 Å². The van der Waals surface area contributed by atoms with Gasteiger partial charge in [-0.05, 0) is 55.7 Å². The Morgan fingerprint density at radius 3 is 2.89 bits per heavy atom. The summed E-state index contributed by atoms with van der Waals surface area (Å²) >= 11 is 0. The lowest BCUT2D eigenvalue weighted by molar-refractivity contribution is 0.637. The van der Waals surface area contributed by atoms with Crippen molar-refractivity contribution in [3.05, 3.63) is 60.4 Å². The Kier molecular flexibility index (Phi) is 4.87. The molecule has 0 bridgehead atoms. The van der Waals surface area contributed by atoms with E-state index in [-0.39, 0.29) is 6.04 Å². The molecule has 0 amide bonds. The van der Waals surface area contributed by atoms with Gasteiger partial charge in [-0.25, -0.2) is 4.52 Å². The standard InChI is InChI=1S/C21H24N6/c1-2-23-19-11-10-17(13-16(19)14-22)24-21-25-20-18(9-6-12-27(20)26-21)15-7-4-3-5-8-15/h3-9,12,14,17H,2,10-11,13,22H2,1H3,(H,24,26). The maximum Gasteiger partial charge on any atom is 0.243 e. The van der Waals surface area contributed by atoms with Gasteiger partial charge in [0, 0.05) is 30.1 Å². The largest absolute Gasteiger partial charge is 0.404 e. The highest BCUT2D eigenvalue weighted by atomic mass is 15.3. The fourth-order valence-electron chi connectivity index (χ4n) is 3.61. The van der Waals surface area contributed by atoms with Gasteiger partial charge in [0.05, 0.1) is 0 Å². The Bertz CT molecular complexity index is 986. The minimum Gasteiger partial charge on any atom is -0.404 e. The third kappa shape index (κ3) is 3.56. The first-order valence-electron chi connectivity index (χ1n) is 9.40. The van der Waals surface area contributed by atoms with E-state index in [1.165, 1.54) is 0 Å². The Labute approximate surface area is 158 Å². The van der Waals surface area contributed by atoms with Crippen LogP contribution in [0, 0.1) is 0 Å². The molecule has 4 rings (SSSR count). The van der Waals surface area contributed by atoms with Crippen molar-refractivity contribution in [1.29, 1.82) is 0 Å². The summed E-state index contributed by atoms with van der Waals surface area (Å²) in [4.78, 5) is 9.31. The summed E-state index contributed by atoms with van der Waals surface area (Å²) in [6.07, 6.45) is 6.38. The molecule has 1 aliphatic rings. The molecule has 3 N–H and O–H groups in total. The van der Waals surface area contributed by atoms with Crippen molar-refractivity contribution in [3.63, 3.8) is 0 Å². The van der Waals surface area contributed by atoms with Crippen molar-refractivity contribution in [1.82, 2.24) is 14.6 Å². The summed E-state index contributed by atoms with van der Waals surface area (Å²) in [5, 5.41) is 8.09. The zero-order valence-corrected chi connectivity index (χ0v) is 15.5. The van der Waals surface area contributed by atoms with E-state index in [2.05, 4.69) is 40.5 Å². The number of nitrogens with two attached hydrogens (primary N) is 1. The van der Waals surface area contributed by atoms with E-state index in [1.54, 1.807) is 6.20 Å². The van der Waals surface area contributed by atoms with Crippen molar-refractivity contribution in [2.45, 2.75) is 32.2 Å². The van der Waals surface area contributed by atoms with Crippen molar-refractivity contribution in [3.8, 4) is 11.1 Å². The van der Waals surface area contributed by atoms with Gasteiger partial charge in [0.15, 0.2) is 5.65 Å². The second-order valence-corrected chi connectivity index (χ2v) is 6.69.